The Morgan fingerprint density at radius 1 is 1.65 bits per heavy atom. The van der Waals surface area contributed by atoms with Gasteiger partial charge in [-0.25, -0.2) is 0 Å². The third-order valence-corrected chi connectivity index (χ3v) is 2.97. The summed E-state index contributed by atoms with van der Waals surface area (Å²) in [5.41, 5.74) is 5.44. The first-order valence-electron chi connectivity index (χ1n) is 5.80. The Morgan fingerprint density at radius 3 is 3.00 bits per heavy atom. The summed E-state index contributed by atoms with van der Waals surface area (Å²) in [6.07, 6.45) is 1.64. The standard InChI is InChI=1S/C12H19N3O2/c1-12(2)8-15(7-9-4-3-5-17-9)10(6-13)11(16)14-12/h3-5,10H,6-8,13H2,1-2H3,(H,14,16). The van der Waals surface area contributed by atoms with Gasteiger partial charge < -0.3 is 15.5 Å². The molecule has 0 saturated carbocycles. The first-order valence-corrected chi connectivity index (χ1v) is 5.80. The lowest BCUT2D eigenvalue weighted by Crippen LogP contribution is -2.66. The fourth-order valence-corrected chi connectivity index (χ4v) is 2.27. The maximum absolute atomic E-state index is 11.9. The van der Waals surface area contributed by atoms with Gasteiger partial charge in [0.25, 0.3) is 0 Å². The molecule has 1 unspecified atom stereocenters. The Hall–Kier alpha value is -1.33. The Labute approximate surface area is 101 Å². The van der Waals surface area contributed by atoms with Crippen molar-refractivity contribution in [2.24, 2.45) is 5.73 Å². The van der Waals surface area contributed by atoms with Gasteiger partial charge in [-0.15, -0.1) is 0 Å². The van der Waals surface area contributed by atoms with E-state index in [2.05, 4.69) is 10.2 Å². The van der Waals surface area contributed by atoms with Crippen LogP contribution in [0.1, 0.15) is 19.6 Å². The van der Waals surface area contributed by atoms with Gasteiger partial charge in [-0.1, -0.05) is 0 Å². The number of nitrogens with zero attached hydrogens (tertiary/aromatic N) is 1. The molecule has 1 saturated heterocycles. The molecular weight excluding hydrogens is 218 g/mol. The second-order valence-electron chi connectivity index (χ2n) is 5.11. The maximum atomic E-state index is 11.9. The lowest BCUT2D eigenvalue weighted by molar-refractivity contribution is -0.132. The van der Waals surface area contributed by atoms with Crippen molar-refractivity contribution < 1.29 is 9.21 Å². The van der Waals surface area contributed by atoms with Crippen molar-refractivity contribution >= 4 is 5.91 Å². The minimum Gasteiger partial charge on any atom is -0.468 e. The minimum atomic E-state index is -0.270. The van der Waals surface area contributed by atoms with E-state index >= 15 is 0 Å². The molecule has 1 aliphatic heterocycles. The largest absolute Gasteiger partial charge is 0.468 e. The van der Waals surface area contributed by atoms with Gasteiger partial charge in [-0.05, 0) is 26.0 Å². The number of nitrogens with two attached hydrogens (primary N) is 1. The SMILES string of the molecule is CC1(C)CN(Cc2ccco2)C(CN)C(=O)N1. The molecule has 1 fully saturated rings. The van der Waals surface area contributed by atoms with Gasteiger partial charge in [0.2, 0.25) is 5.91 Å². The smallest absolute Gasteiger partial charge is 0.239 e. The van der Waals surface area contributed by atoms with E-state index in [1.807, 2.05) is 26.0 Å². The molecule has 5 nitrogen and oxygen atoms in total. The Bertz CT molecular complexity index is 386. The normalized spacial score (nSPS) is 24.6. The summed E-state index contributed by atoms with van der Waals surface area (Å²) in [4.78, 5) is 14.0. The third kappa shape index (κ3) is 2.68. The molecule has 94 valence electrons. The number of carbonyl (C=O) groups excluding carboxylic acids is 1. The molecule has 0 spiro atoms. The molecule has 0 aliphatic carbocycles. The molecular formula is C12H19N3O2. The van der Waals surface area contributed by atoms with Crippen LogP contribution >= 0.6 is 0 Å². The number of hydrogen-bond acceptors (Lipinski definition) is 4. The Morgan fingerprint density at radius 2 is 2.41 bits per heavy atom. The van der Waals surface area contributed by atoms with Gasteiger partial charge in [0, 0.05) is 18.6 Å². The van der Waals surface area contributed by atoms with Gasteiger partial charge in [0.05, 0.1) is 12.8 Å². The molecule has 0 bridgehead atoms. The molecule has 2 rings (SSSR count). The molecule has 1 aromatic rings. The summed E-state index contributed by atoms with van der Waals surface area (Å²) >= 11 is 0. The molecule has 0 aromatic carbocycles. The number of furan rings is 1. The number of piperazine rings is 1. The molecule has 3 N–H and O–H groups in total. The van der Waals surface area contributed by atoms with Crippen molar-refractivity contribution in [3.05, 3.63) is 24.2 Å². The summed E-state index contributed by atoms with van der Waals surface area (Å²) in [6.45, 7) is 5.72. The Balaban J connectivity index is 2.13. The van der Waals surface area contributed by atoms with Crippen LogP contribution in [0.2, 0.25) is 0 Å². The summed E-state index contributed by atoms with van der Waals surface area (Å²) in [7, 11) is 0. The van der Waals surface area contributed by atoms with Crippen LogP contribution < -0.4 is 11.1 Å². The average molecular weight is 237 g/mol. The van der Waals surface area contributed by atoms with Crippen molar-refractivity contribution in [2.75, 3.05) is 13.1 Å². The van der Waals surface area contributed by atoms with E-state index in [4.69, 9.17) is 10.2 Å². The van der Waals surface area contributed by atoms with Crippen molar-refractivity contribution in [1.29, 1.82) is 0 Å². The van der Waals surface area contributed by atoms with Crippen molar-refractivity contribution in [3.8, 4) is 0 Å². The number of hydrogen-bond donors (Lipinski definition) is 2. The van der Waals surface area contributed by atoms with Crippen LogP contribution in [0.3, 0.4) is 0 Å². The molecule has 17 heavy (non-hydrogen) atoms. The van der Waals surface area contributed by atoms with Crippen molar-refractivity contribution in [1.82, 2.24) is 10.2 Å². The zero-order valence-corrected chi connectivity index (χ0v) is 10.3. The number of nitrogens with one attached hydrogen (secondary N) is 1. The maximum Gasteiger partial charge on any atom is 0.239 e. The van der Waals surface area contributed by atoms with Gasteiger partial charge in [-0.3, -0.25) is 9.69 Å². The molecule has 1 aromatic heterocycles. The van der Waals surface area contributed by atoms with Gasteiger partial charge in [0.1, 0.15) is 11.8 Å². The lowest BCUT2D eigenvalue weighted by atomic mass is 9.98. The Kier molecular flexibility index (Phi) is 3.22. The van der Waals surface area contributed by atoms with Crippen LogP contribution in [0.5, 0.6) is 0 Å². The highest BCUT2D eigenvalue weighted by atomic mass is 16.3. The van der Waals surface area contributed by atoms with Gasteiger partial charge in [0.15, 0.2) is 0 Å². The predicted octanol–water partition coefficient (Wildman–Crippen LogP) is 0.317. The van der Waals surface area contributed by atoms with Gasteiger partial charge >= 0.3 is 0 Å². The monoisotopic (exact) mass is 237 g/mol. The number of amides is 1. The summed E-state index contributed by atoms with van der Waals surface area (Å²) < 4.78 is 5.32. The van der Waals surface area contributed by atoms with E-state index < -0.39 is 0 Å². The highest BCUT2D eigenvalue weighted by Crippen LogP contribution is 2.18. The fourth-order valence-electron chi connectivity index (χ4n) is 2.27. The second kappa shape index (κ2) is 4.50. The van der Waals surface area contributed by atoms with E-state index in [0.29, 0.717) is 13.1 Å². The zero-order chi connectivity index (χ0) is 12.5. The van der Waals surface area contributed by atoms with Crippen molar-refractivity contribution in [2.45, 2.75) is 32.0 Å². The number of rotatable bonds is 3. The number of carbonyl (C=O) groups is 1. The molecule has 1 amide bonds. The van der Waals surface area contributed by atoms with E-state index in [1.54, 1.807) is 6.26 Å². The van der Waals surface area contributed by atoms with Crippen LogP contribution in [0.4, 0.5) is 0 Å². The minimum absolute atomic E-state index is 0.00435. The fraction of sp³-hybridized carbons (Fsp3) is 0.583. The highest BCUT2D eigenvalue weighted by Gasteiger charge is 2.37. The van der Waals surface area contributed by atoms with E-state index in [-0.39, 0.29) is 17.5 Å². The molecule has 5 heteroatoms. The summed E-state index contributed by atoms with van der Waals surface area (Å²) in [5.74, 6) is 0.851. The van der Waals surface area contributed by atoms with Crippen LogP contribution in [-0.2, 0) is 11.3 Å². The van der Waals surface area contributed by atoms with Crippen LogP contribution in [0.25, 0.3) is 0 Å². The topological polar surface area (TPSA) is 71.5 Å². The predicted molar refractivity (Wildman–Crippen MR) is 64.2 cm³/mol. The highest BCUT2D eigenvalue weighted by molar-refractivity contribution is 5.83. The summed E-state index contributed by atoms with van der Waals surface area (Å²) in [5, 5.41) is 2.98. The first-order chi connectivity index (χ1) is 8.02. The quantitative estimate of drug-likeness (QED) is 0.794. The average Bonchev–Trinajstić information content (AvgIpc) is 2.68. The van der Waals surface area contributed by atoms with Crippen LogP contribution in [0.15, 0.2) is 22.8 Å². The molecule has 1 aliphatic rings. The van der Waals surface area contributed by atoms with E-state index in [1.165, 1.54) is 0 Å². The lowest BCUT2D eigenvalue weighted by Gasteiger charge is -2.42. The second-order valence-corrected chi connectivity index (χ2v) is 5.11. The summed E-state index contributed by atoms with van der Waals surface area (Å²) in [6, 6.07) is 3.49. The van der Waals surface area contributed by atoms with E-state index in [9.17, 15) is 4.79 Å². The zero-order valence-electron chi connectivity index (χ0n) is 10.3. The van der Waals surface area contributed by atoms with Crippen LogP contribution in [0, 0.1) is 0 Å². The molecule has 2 heterocycles. The van der Waals surface area contributed by atoms with Crippen molar-refractivity contribution in [3.63, 3.8) is 0 Å². The third-order valence-electron chi connectivity index (χ3n) is 2.97. The van der Waals surface area contributed by atoms with Gasteiger partial charge in [-0.2, -0.15) is 0 Å². The molecule has 0 radical (unpaired) electrons. The molecule has 1 atom stereocenters. The van der Waals surface area contributed by atoms with E-state index in [0.717, 1.165) is 12.3 Å². The van der Waals surface area contributed by atoms with Crippen LogP contribution in [-0.4, -0.2) is 35.5 Å². The first kappa shape index (κ1) is 12.1.